The molecule has 0 aliphatic carbocycles. The van der Waals surface area contributed by atoms with E-state index >= 15 is 0 Å². The van der Waals surface area contributed by atoms with Crippen LogP contribution in [-0.4, -0.2) is 5.78 Å². The minimum atomic E-state index is -0.393. The Balaban J connectivity index is 2.37. The summed E-state index contributed by atoms with van der Waals surface area (Å²) in [4.78, 5) is 12.2. The molecule has 0 saturated carbocycles. The van der Waals surface area contributed by atoms with E-state index in [1.54, 1.807) is 30.3 Å². The number of carbonyl (C=O) groups excluding carboxylic acids is 1. The molecule has 0 radical (unpaired) electrons. The second-order valence-corrected chi connectivity index (χ2v) is 4.89. The lowest BCUT2D eigenvalue weighted by Crippen LogP contribution is -2.01. The summed E-state index contributed by atoms with van der Waals surface area (Å²) in [6.45, 7) is 0. The number of benzene rings is 2. The van der Waals surface area contributed by atoms with E-state index in [0.717, 1.165) is 0 Å². The molecule has 0 bridgehead atoms. The maximum Gasteiger partial charge on any atom is 0.203 e. The van der Waals surface area contributed by atoms with Crippen molar-refractivity contribution in [2.24, 2.45) is 0 Å². The summed E-state index contributed by atoms with van der Waals surface area (Å²) in [7, 11) is 0. The molecule has 98 valence electrons. The van der Waals surface area contributed by atoms with Gasteiger partial charge in [0, 0.05) is 5.56 Å². The van der Waals surface area contributed by atoms with Crippen molar-refractivity contribution in [1.82, 2.24) is 0 Å². The van der Waals surface area contributed by atoms with Gasteiger partial charge in [0.05, 0.1) is 4.47 Å². The minimum absolute atomic E-state index is 0.00899. The average molecular weight is 330 g/mol. The lowest BCUT2D eigenvalue weighted by atomic mass is 10.0. The fourth-order valence-electron chi connectivity index (χ4n) is 1.66. The van der Waals surface area contributed by atoms with Gasteiger partial charge < -0.3 is 0 Å². The van der Waals surface area contributed by atoms with Crippen molar-refractivity contribution in [3.63, 3.8) is 0 Å². The van der Waals surface area contributed by atoms with Crippen LogP contribution in [0.5, 0.6) is 0 Å². The molecule has 2 rings (SSSR count). The molecule has 0 unspecified atom stereocenters. The number of halogens is 2. The molecule has 2 aromatic rings. The van der Waals surface area contributed by atoms with Gasteiger partial charge in [-0.1, -0.05) is 36.4 Å². The molecule has 0 saturated heterocycles. The van der Waals surface area contributed by atoms with Crippen molar-refractivity contribution >= 4 is 27.8 Å². The number of Topliss-reactive ketones (excluding diaryl/α,β-unsaturated/α-hetero) is 1. The quantitative estimate of drug-likeness (QED) is 0.476. The number of rotatable bonds is 3. The van der Waals surface area contributed by atoms with E-state index in [0.29, 0.717) is 11.1 Å². The highest BCUT2D eigenvalue weighted by Gasteiger charge is 2.11. The molecule has 20 heavy (non-hydrogen) atoms. The van der Waals surface area contributed by atoms with E-state index in [1.807, 2.05) is 6.07 Å². The Bertz CT molecular complexity index is 717. The van der Waals surface area contributed by atoms with Crippen molar-refractivity contribution in [2.75, 3.05) is 0 Å². The van der Waals surface area contributed by atoms with Crippen LogP contribution in [0.3, 0.4) is 0 Å². The third-order valence-electron chi connectivity index (χ3n) is 2.66. The smallest absolute Gasteiger partial charge is 0.203 e. The number of nitriles is 1. The zero-order chi connectivity index (χ0) is 14.5. The van der Waals surface area contributed by atoms with Gasteiger partial charge in [-0.2, -0.15) is 5.26 Å². The second kappa shape index (κ2) is 6.27. The van der Waals surface area contributed by atoms with E-state index in [-0.39, 0.29) is 15.8 Å². The van der Waals surface area contributed by atoms with Crippen LogP contribution in [0.15, 0.2) is 58.6 Å². The van der Waals surface area contributed by atoms with E-state index in [2.05, 4.69) is 15.9 Å². The molecule has 0 N–H and O–H groups in total. The number of hydrogen-bond donors (Lipinski definition) is 0. The van der Waals surface area contributed by atoms with E-state index in [9.17, 15) is 9.18 Å². The Kier molecular flexibility index (Phi) is 4.44. The van der Waals surface area contributed by atoms with Crippen molar-refractivity contribution in [2.45, 2.75) is 0 Å². The highest BCUT2D eigenvalue weighted by atomic mass is 79.9. The summed E-state index contributed by atoms with van der Waals surface area (Å²) >= 11 is 3.07. The predicted molar refractivity (Wildman–Crippen MR) is 78.5 cm³/mol. The number of nitrogens with zero attached hydrogens (tertiary/aromatic N) is 1. The summed E-state index contributed by atoms with van der Waals surface area (Å²) in [5.74, 6) is -0.747. The van der Waals surface area contributed by atoms with Crippen LogP contribution < -0.4 is 0 Å². The molecule has 0 fully saturated rings. The lowest BCUT2D eigenvalue weighted by Gasteiger charge is -2.00. The van der Waals surface area contributed by atoms with Crippen LogP contribution in [-0.2, 0) is 0 Å². The van der Waals surface area contributed by atoms with Gasteiger partial charge in [0.2, 0.25) is 5.78 Å². The normalized spacial score (nSPS) is 10.9. The Morgan fingerprint density at radius 2 is 1.90 bits per heavy atom. The molecule has 4 heteroatoms. The van der Waals surface area contributed by atoms with Crippen LogP contribution in [0.4, 0.5) is 4.39 Å². The Morgan fingerprint density at radius 3 is 2.50 bits per heavy atom. The maximum absolute atomic E-state index is 13.1. The SMILES string of the molecule is N#CC(=Cc1ccc(F)c(Br)c1)C(=O)c1ccccc1. The van der Waals surface area contributed by atoms with Crippen LogP contribution in [0.1, 0.15) is 15.9 Å². The van der Waals surface area contributed by atoms with Gasteiger partial charge in [-0.25, -0.2) is 4.39 Å². The standard InChI is InChI=1S/C16H9BrFNO/c17-14-9-11(6-7-15(14)18)8-13(10-19)16(20)12-4-2-1-3-5-12/h1-9H. The monoisotopic (exact) mass is 329 g/mol. The van der Waals surface area contributed by atoms with Gasteiger partial charge in [0.1, 0.15) is 17.5 Å². The lowest BCUT2D eigenvalue weighted by molar-refractivity contribution is 0.104. The van der Waals surface area contributed by atoms with Gasteiger partial charge in [-0.3, -0.25) is 4.79 Å². The van der Waals surface area contributed by atoms with Crippen molar-refractivity contribution in [1.29, 1.82) is 5.26 Å². The molecule has 0 heterocycles. The highest BCUT2D eigenvalue weighted by Crippen LogP contribution is 2.19. The molecule has 0 amide bonds. The molecule has 0 aliphatic heterocycles. The molecule has 0 spiro atoms. The third kappa shape index (κ3) is 3.19. The van der Waals surface area contributed by atoms with Gasteiger partial charge in [-0.15, -0.1) is 0 Å². The summed E-state index contributed by atoms with van der Waals surface area (Å²) < 4.78 is 13.4. The first-order valence-electron chi connectivity index (χ1n) is 5.78. The topological polar surface area (TPSA) is 40.9 Å². The summed E-state index contributed by atoms with van der Waals surface area (Å²) in [5, 5.41) is 9.12. The predicted octanol–water partition coefficient (Wildman–Crippen LogP) is 4.38. The van der Waals surface area contributed by atoms with Crippen LogP contribution in [0.25, 0.3) is 6.08 Å². The van der Waals surface area contributed by atoms with Gasteiger partial charge in [0.25, 0.3) is 0 Å². The summed E-state index contributed by atoms with van der Waals surface area (Å²) in [6.07, 6.45) is 1.44. The second-order valence-electron chi connectivity index (χ2n) is 4.04. The Hall–Kier alpha value is -2.25. The van der Waals surface area contributed by atoms with E-state index in [4.69, 9.17) is 5.26 Å². The molecule has 2 nitrogen and oxygen atoms in total. The molecule has 0 aliphatic rings. The maximum atomic E-state index is 13.1. The van der Waals surface area contributed by atoms with E-state index in [1.165, 1.54) is 24.3 Å². The van der Waals surface area contributed by atoms with Crippen molar-refractivity contribution in [3.05, 3.63) is 75.5 Å². The van der Waals surface area contributed by atoms with Gasteiger partial charge in [0.15, 0.2) is 0 Å². The van der Waals surface area contributed by atoms with Gasteiger partial charge >= 0.3 is 0 Å². The Morgan fingerprint density at radius 1 is 1.20 bits per heavy atom. The van der Waals surface area contributed by atoms with Crippen LogP contribution in [0.2, 0.25) is 0 Å². The number of carbonyl (C=O) groups is 1. The molecule has 0 aromatic heterocycles. The molecule has 2 aromatic carbocycles. The first kappa shape index (κ1) is 14.2. The first-order chi connectivity index (χ1) is 9.61. The molecular formula is C16H9BrFNO. The highest BCUT2D eigenvalue weighted by molar-refractivity contribution is 9.10. The number of allylic oxidation sites excluding steroid dienone is 1. The summed E-state index contributed by atoms with van der Waals surface area (Å²) in [6, 6.07) is 14.7. The fourth-order valence-corrected chi connectivity index (χ4v) is 2.06. The van der Waals surface area contributed by atoms with Crippen LogP contribution in [0, 0.1) is 17.1 Å². The van der Waals surface area contributed by atoms with Crippen LogP contribution >= 0.6 is 15.9 Å². The Labute approximate surface area is 124 Å². The zero-order valence-electron chi connectivity index (χ0n) is 10.3. The largest absolute Gasteiger partial charge is 0.288 e. The van der Waals surface area contributed by atoms with Crippen molar-refractivity contribution in [3.8, 4) is 6.07 Å². The summed E-state index contributed by atoms with van der Waals surface area (Å²) in [5.41, 5.74) is 1.04. The van der Waals surface area contributed by atoms with Crippen molar-refractivity contribution < 1.29 is 9.18 Å². The molecular weight excluding hydrogens is 321 g/mol. The first-order valence-corrected chi connectivity index (χ1v) is 6.57. The minimum Gasteiger partial charge on any atom is -0.288 e. The fraction of sp³-hybridized carbons (Fsp3) is 0. The van der Waals surface area contributed by atoms with E-state index < -0.39 is 5.82 Å². The number of hydrogen-bond acceptors (Lipinski definition) is 2. The molecule has 0 atom stereocenters. The number of ketones is 1. The average Bonchev–Trinajstić information content (AvgIpc) is 2.48. The van der Waals surface area contributed by atoms with Gasteiger partial charge in [-0.05, 0) is 39.7 Å². The third-order valence-corrected chi connectivity index (χ3v) is 3.26. The zero-order valence-corrected chi connectivity index (χ0v) is 11.9.